The molecule has 2 heterocycles. The van der Waals surface area contributed by atoms with Gasteiger partial charge in [-0.05, 0) is 53.8 Å². The largest absolute Gasteiger partial charge is 0.336 e. The van der Waals surface area contributed by atoms with Crippen molar-refractivity contribution < 1.29 is 4.79 Å². The number of hydrogen-bond acceptors (Lipinski definition) is 4. The highest BCUT2D eigenvalue weighted by molar-refractivity contribution is 7.17. The highest BCUT2D eigenvalue weighted by Gasteiger charge is 2.16. The van der Waals surface area contributed by atoms with Crippen molar-refractivity contribution in [1.82, 2.24) is 9.13 Å². The molecule has 35 heavy (non-hydrogen) atoms. The van der Waals surface area contributed by atoms with Crippen molar-refractivity contribution in [3.05, 3.63) is 128 Å². The van der Waals surface area contributed by atoms with E-state index in [-0.39, 0.29) is 17.9 Å². The summed E-state index contributed by atoms with van der Waals surface area (Å²) in [4.78, 5) is 39.1. The van der Waals surface area contributed by atoms with Crippen LogP contribution in [0.1, 0.15) is 16.7 Å². The molecule has 5 aromatic rings. The second kappa shape index (κ2) is 9.56. The molecule has 3 aromatic carbocycles. The van der Waals surface area contributed by atoms with Crippen LogP contribution in [0.3, 0.4) is 0 Å². The topological polar surface area (TPSA) is 73.1 Å². The highest BCUT2D eigenvalue weighted by Crippen LogP contribution is 2.18. The predicted octanol–water partition coefficient (Wildman–Crippen LogP) is 4.75. The van der Waals surface area contributed by atoms with Gasteiger partial charge in [0, 0.05) is 5.69 Å². The molecule has 0 saturated carbocycles. The average Bonchev–Trinajstić information content (AvgIpc) is 3.35. The number of thiophene rings is 1. The molecule has 7 heteroatoms. The number of nitrogens with one attached hydrogen (secondary N) is 1. The van der Waals surface area contributed by atoms with E-state index in [9.17, 15) is 14.4 Å². The van der Waals surface area contributed by atoms with Gasteiger partial charge in [-0.25, -0.2) is 9.36 Å². The van der Waals surface area contributed by atoms with Crippen LogP contribution in [0.4, 0.5) is 5.69 Å². The van der Waals surface area contributed by atoms with Crippen molar-refractivity contribution in [2.24, 2.45) is 0 Å². The fourth-order valence-electron chi connectivity index (χ4n) is 4.02. The van der Waals surface area contributed by atoms with Crippen LogP contribution in [0.15, 0.2) is 99.9 Å². The van der Waals surface area contributed by atoms with Gasteiger partial charge in [0.05, 0.1) is 24.2 Å². The number of para-hydroxylation sites is 1. The number of benzene rings is 3. The zero-order valence-electron chi connectivity index (χ0n) is 19.1. The number of hydrogen-bond donors (Lipinski definition) is 1. The minimum Gasteiger partial charge on any atom is -0.326 e. The van der Waals surface area contributed by atoms with Crippen LogP contribution in [0, 0.1) is 6.92 Å². The average molecular weight is 482 g/mol. The second-order valence-electron chi connectivity index (χ2n) is 8.39. The van der Waals surface area contributed by atoms with Crippen LogP contribution >= 0.6 is 11.3 Å². The van der Waals surface area contributed by atoms with Gasteiger partial charge in [0.2, 0.25) is 5.91 Å². The number of anilines is 1. The molecule has 2 aromatic heterocycles. The number of carbonyl (C=O) groups is 1. The molecule has 0 atom stereocenters. The number of carbonyl (C=O) groups excluding carboxylic acids is 1. The molecule has 0 aliphatic carbocycles. The molecular weight excluding hydrogens is 458 g/mol. The normalized spacial score (nSPS) is 11.0. The van der Waals surface area contributed by atoms with Crippen molar-refractivity contribution in [2.45, 2.75) is 19.9 Å². The molecule has 5 rings (SSSR count). The molecular formula is C28H23N3O3S. The second-order valence-corrected chi connectivity index (χ2v) is 9.30. The van der Waals surface area contributed by atoms with Crippen molar-refractivity contribution in [3.63, 3.8) is 0 Å². The van der Waals surface area contributed by atoms with Gasteiger partial charge in [-0.3, -0.25) is 14.2 Å². The van der Waals surface area contributed by atoms with E-state index in [0.29, 0.717) is 22.4 Å². The zero-order chi connectivity index (χ0) is 24.4. The Labute approximate surface area is 205 Å². The molecule has 0 spiro atoms. The van der Waals surface area contributed by atoms with Crippen LogP contribution in [0.5, 0.6) is 0 Å². The van der Waals surface area contributed by atoms with Crippen LogP contribution in [-0.2, 0) is 17.8 Å². The smallest absolute Gasteiger partial charge is 0.326 e. The third-order valence-electron chi connectivity index (χ3n) is 5.83. The zero-order valence-corrected chi connectivity index (χ0v) is 19.9. The third-order valence-corrected chi connectivity index (χ3v) is 6.72. The van der Waals surface area contributed by atoms with Gasteiger partial charge in [-0.2, -0.15) is 0 Å². The molecule has 1 amide bonds. The van der Waals surface area contributed by atoms with E-state index in [1.807, 2.05) is 73.0 Å². The number of nitrogens with zero attached hydrogens (tertiary/aromatic N) is 2. The minimum atomic E-state index is -0.393. The molecule has 0 saturated heterocycles. The Balaban J connectivity index is 1.46. The molecule has 174 valence electrons. The van der Waals surface area contributed by atoms with Gasteiger partial charge < -0.3 is 5.32 Å². The summed E-state index contributed by atoms with van der Waals surface area (Å²) in [7, 11) is 0. The summed E-state index contributed by atoms with van der Waals surface area (Å²) in [6.07, 6.45) is 0.186. The Morgan fingerprint density at radius 2 is 1.54 bits per heavy atom. The quantitative estimate of drug-likeness (QED) is 0.380. The molecule has 0 unspecified atom stereocenters. The van der Waals surface area contributed by atoms with Crippen molar-refractivity contribution >= 4 is 33.1 Å². The number of rotatable bonds is 6. The first-order valence-corrected chi connectivity index (χ1v) is 12.1. The lowest BCUT2D eigenvalue weighted by atomic mass is 10.1. The standard InChI is InChI=1S/C28H23N3O3S/c1-19-7-9-21(10-8-19)18-30-24-15-16-35-26(24)27(33)31(28(30)34)23-13-11-20(12-14-23)17-25(32)29-22-5-3-2-4-6-22/h2-16H,17-18H2,1H3,(H,29,32). The molecule has 1 N–H and O–H groups in total. The Bertz CT molecular complexity index is 1610. The molecule has 0 fully saturated rings. The first-order chi connectivity index (χ1) is 17.0. The SMILES string of the molecule is Cc1ccc(Cn2c(=O)n(-c3ccc(CC(=O)Nc4ccccc4)cc3)c(=O)c3sccc32)cc1. The minimum absolute atomic E-state index is 0.137. The maximum absolute atomic E-state index is 13.5. The van der Waals surface area contributed by atoms with Gasteiger partial charge in [0.15, 0.2) is 0 Å². The molecule has 0 aliphatic heterocycles. The maximum atomic E-state index is 13.5. The van der Waals surface area contributed by atoms with Gasteiger partial charge in [-0.15, -0.1) is 11.3 Å². The first kappa shape index (κ1) is 22.6. The molecule has 6 nitrogen and oxygen atoms in total. The van der Waals surface area contributed by atoms with E-state index in [4.69, 9.17) is 0 Å². The first-order valence-electron chi connectivity index (χ1n) is 11.2. The Morgan fingerprint density at radius 1 is 0.857 bits per heavy atom. The van der Waals surface area contributed by atoms with Crippen molar-refractivity contribution in [2.75, 3.05) is 5.32 Å². The van der Waals surface area contributed by atoms with Gasteiger partial charge in [0.25, 0.3) is 5.56 Å². The van der Waals surface area contributed by atoms with Crippen molar-refractivity contribution in [3.8, 4) is 5.69 Å². The third kappa shape index (κ3) is 4.72. The van der Waals surface area contributed by atoms with Crippen LogP contribution in [-0.4, -0.2) is 15.0 Å². The Hall–Kier alpha value is -4.23. The fourth-order valence-corrected chi connectivity index (χ4v) is 4.84. The lowest BCUT2D eigenvalue weighted by Gasteiger charge is -2.13. The Morgan fingerprint density at radius 3 is 2.26 bits per heavy atom. The predicted molar refractivity (Wildman–Crippen MR) is 141 cm³/mol. The summed E-state index contributed by atoms with van der Waals surface area (Å²) < 4.78 is 3.38. The lowest BCUT2D eigenvalue weighted by molar-refractivity contribution is -0.115. The van der Waals surface area contributed by atoms with Crippen LogP contribution in [0.2, 0.25) is 0 Å². The Kier molecular flexibility index (Phi) is 6.16. The summed E-state index contributed by atoms with van der Waals surface area (Å²) in [6.45, 7) is 2.38. The summed E-state index contributed by atoms with van der Waals surface area (Å²) >= 11 is 1.33. The summed E-state index contributed by atoms with van der Waals surface area (Å²) in [6, 6.07) is 26.0. The lowest BCUT2D eigenvalue weighted by Crippen LogP contribution is -2.38. The van der Waals surface area contributed by atoms with Gasteiger partial charge in [0.1, 0.15) is 4.70 Å². The summed E-state index contributed by atoms with van der Waals surface area (Å²) in [5.74, 6) is -0.137. The maximum Gasteiger partial charge on any atom is 0.336 e. The number of fused-ring (bicyclic) bond motifs is 1. The van der Waals surface area contributed by atoms with E-state index in [1.54, 1.807) is 28.8 Å². The van der Waals surface area contributed by atoms with E-state index in [2.05, 4.69) is 5.32 Å². The van der Waals surface area contributed by atoms with E-state index in [1.165, 1.54) is 15.9 Å². The fraction of sp³-hybridized carbons (Fsp3) is 0.107. The van der Waals surface area contributed by atoms with E-state index >= 15 is 0 Å². The van der Waals surface area contributed by atoms with E-state index in [0.717, 1.165) is 22.4 Å². The summed E-state index contributed by atoms with van der Waals surface area (Å²) in [5, 5.41) is 4.69. The number of aromatic nitrogens is 2. The van der Waals surface area contributed by atoms with Crippen LogP contribution in [0.25, 0.3) is 15.9 Å². The van der Waals surface area contributed by atoms with Crippen LogP contribution < -0.4 is 16.6 Å². The van der Waals surface area contributed by atoms with Gasteiger partial charge in [-0.1, -0.05) is 60.2 Å². The molecule has 0 bridgehead atoms. The monoisotopic (exact) mass is 481 g/mol. The van der Waals surface area contributed by atoms with E-state index < -0.39 is 5.69 Å². The molecule has 0 radical (unpaired) electrons. The van der Waals surface area contributed by atoms with Crippen molar-refractivity contribution in [1.29, 1.82) is 0 Å². The molecule has 0 aliphatic rings. The van der Waals surface area contributed by atoms with Gasteiger partial charge >= 0.3 is 5.69 Å². The number of amides is 1. The highest BCUT2D eigenvalue weighted by atomic mass is 32.1. The summed E-state index contributed by atoms with van der Waals surface area (Å²) in [5.41, 5.74) is 4.02. The number of aryl methyl sites for hydroxylation is 1.